The SMILES string of the molecule is COC(=O)N1C=C[C@@H](C(C)(C)C(=O)OC)C(C(=O)N2CC[C@@H]3CC[C@@](O)(Cc4ccc5ccccc5c4)[C@@H]32)=C1. The lowest BCUT2D eigenvalue weighted by atomic mass is 9.73. The van der Waals surface area contributed by atoms with Gasteiger partial charge in [0.15, 0.2) is 0 Å². The summed E-state index contributed by atoms with van der Waals surface area (Å²) >= 11 is 0. The highest BCUT2D eigenvalue weighted by Gasteiger charge is 2.55. The lowest BCUT2D eigenvalue weighted by Gasteiger charge is -2.40. The zero-order valence-corrected chi connectivity index (χ0v) is 22.9. The quantitative estimate of drug-likeness (QED) is 0.573. The molecule has 0 unspecified atom stereocenters. The molecule has 4 atom stereocenters. The number of allylic oxidation sites excluding steroid dienone is 1. The Hall–Kier alpha value is -3.65. The third-order valence-corrected chi connectivity index (χ3v) is 8.78. The van der Waals surface area contributed by atoms with Crippen molar-refractivity contribution in [2.24, 2.45) is 17.3 Å². The molecule has 2 amide bonds. The Morgan fingerprint density at radius 2 is 1.79 bits per heavy atom. The summed E-state index contributed by atoms with van der Waals surface area (Å²) in [5, 5.41) is 14.3. The minimum Gasteiger partial charge on any atom is -0.469 e. The first-order chi connectivity index (χ1) is 18.6. The second-order valence-electron chi connectivity index (χ2n) is 11.5. The summed E-state index contributed by atoms with van der Waals surface area (Å²) in [5.41, 5.74) is -0.832. The molecule has 1 saturated heterocycles. The summed E-state index contributed by atoms with van der Waals surface area (Å²) in [7, 11) is 2.59. The van der Waals surface area contributed by atoms with E-state index < -0.39 is 29.0 Å². The number of benzene rings is 2. The normalized spacial score (nSPS) is 26.4. The number of amides is 2. The second kappa shape index (κ2) is 10.2. The largest absolute Gasteiger partial charge is 0.469 e. The number of hydrogen-bond acceptors (Lipinski definition) is 6. The number of rotatable bonds is 5. The average molecular weight is 533 g/mol. The van der Waals surface area contributed by atoms with Crippen molar-refractivity contribution >= 4 is 28.7 Å². The first-order valence-corrected chi connectivity index (χ1v) is 13.4. The maximum atomic E-state index is 14.3. The van der Waals surface area contributed by atoms with Crippen LogP contribution in [-0.2, 0) is 25.5 Å². The Morgan fingerprint density at radius 3 is 2.51 bits per heavy atom. The van der Waals surface area contributed by atoms with E-state index in [-0.39, 0.29) is 17.9 Å². The van der Waals surface area contributed by atoms with Crippen LogP contribution < -0.4 is 0 Å². The van der Waals surface area contributed by atoms with Crippen LogP contribution in [0.15, 0.2) is 66.5 Å². The molecule has 0 bridgehead atoms. The van der Waals surface area contributed by atoms with E-state index in [2.05, 4.69) is 24.3 Å². The average Bonchev–Trinajstić information content (AvgIpc) is 3.52. The van der Waals surface area contributed by atoms with Crippen molar-refractivity contribution in [1.82, 2.24) is 9.80 Å². The molecule has 8 heteroatoms. The summed E-state index contributed by atoms with van der Waals surface area (Å²) in [6.07, 6.45) is 6.67. The van der Waals surface area contributed by atoms with Crippen molar-refractivity contribution in [3.05, 3.63) is 72.1 Å². The summed E-state index contributed by atoms with van der Waals surface area (Å²) in [5.74, 6) is -1.20. The third kappa shape index (κ3) is 4.71. The minimum absolute atomic E-state index is 0.183. The van der Waals surface area contributed by atoms with Gasteiger partial charge in [0.2, 0.25) is 0 Å². The number of carbonyl (C=O) groups excluding carboxylic acids is 3. The van der Waals surface area contributed by atoms with E-state index in [9.17, 15) is 19.5 Å². The van der Waals surface area contributed by atoms with E-state index in [1.807, 2.05) is 18.2 Å². The highest BCUT2D eigenvalue weighted by atomic mass is 16.5. The van der Waals surface area contributed by atoms with Gasteiger partial charge in [0, 0.05) is 36.9 Å². The Kier molecular flexibility index (Phi) is 7.01. The monoisotopic (exact) mass is 532 g/mol. The predicted octanol–water partition coefficient (Wildman–Crippen LogP) is 4.42. The van der Waals surface area contributed by atoms with Crippen molar-refractivity contribution in [2.75, 3.05) is 20.8 Å². The number of fused-ring (bicyclic) bond motifs is 2. The van der Waals surface area contributed by atoms with Gasteiger partial charge in [-0.2, -0.15) is 0 Å². The zero-order chi connectivity index (χ0) is 27.9. The molecule has 2 aromatic rings. The molecular weight excluding hydrogens is 496 g/mol. The highest BCUT2D eigenvalue weighted by Crippen LogP contribution is 2.48. The fraction of sp³-hybridized carbons (Fsp3) is 0.452. The minimum atomic E-state index is -1.08. The molecule has 0 radical (unpaired) electrons. The van der Waals surface area contributed by atoms with Crippen molar-refractivity contribution in [2.45, 2.75) is 51.2 Å². The Balaban J connectivity index is 1.47. The van der Waals surface area contributed by atoms with Crippen LogP contribution in [0.2, 0.25) is 0 Å². The number of likely N-dealkylation sites (tertiary alicyclic amines) is 1. The zero-order valence-electron chi connectivity index (χ0n) is 22.9. The van der Waals surface area contributed by atoms with Crippen LogP contribution in [0.5, 0.6) is 0 Å². The molecule has 3 aliphatic rings. The fourth-order valence-corrected chi connectivity index (χ4v) is 6.74. The van der Waals surface area contributed by atoms with Crippen LogP contribution in [0.3, 0.4) is 0 Å². The predicted molar refractivity (Wildman–Crippen MR) is 146 cm³/mol. The lowest BCUT2D eigenvalue weighted by molar-refractivity contribution is -0.152. The van der Waals surface area contributed by atoms with Gasteiger partial charge < -0.3 is 19.5 Å². The fourth-order valence-electron chi connectivity index (χ4n) is 6.74. The van der Waals surface area contributed by atoms with Crippen LogP contribution in [-0.4, -0.2) is 65.3 Å². The van der Waals surface area contributed by atoms with E-state index in [1.54, 1.807) is 24.8 Å². The summed E-state index contributed by atoms with van der Waals surface area (Å²) < 4.78 is 9.91. The number of methoxy groups -OCH3 is 2. The smallest absolute Gasteiger partial charge is 0.417 e. The number of carbonyl (C=O) groups is 3. The molecule has 2 aromatic carbocycles. The molecule has 0 aromatic heterocycles. The number of aliphatic hydroxyl groups is 1. The van der Waals surface area contributed by atoms with Gasteiger partial charge in [0.05, 0.1) is 31.3 Å². The molecule has 1 saturated carbocycles. The van der Waals surface area contributed by atoms with Gasteiger partial charge in [-0.3, -0.25) is 14.5 Å². The van der Waals surface area contributed by atoms with Gasteiger partial charge in [-0.1, -0.05) is 48.5 Å². The van der Waals surface area contributed by atoms with Crippen molar-refractivity contribution < 1.29 is 29.0 Å². The third-order valence-electron chi connectivity index (χ3n) is 8.78. The van der Waals surface area contributed by atoms with Gasteiger partial charge >= 0.3 is 12.1 Å². The molecule has 2 fully saturated rings. The standard InChI is InChI=1S/C31H36N2O6/c1-30(2,28(35)38-3)25-13-15-32(29(36)39-4)19-24(25)27(34)33-16-12-22-11-14-31(37,26(22)33)18-20-9-10-21-7-5-6-8-23(21)17-20/h5-10,13,15,17,19,22,25-26,37H,11-12,14,16,18H2,1-4H3/t22-,25+,26+,31+/m0/s1. The summed E-state index contributed by atoms with van der Waals surface area (Å²) in [6, 6.07) is 14.0. The molecule has 1 aliphatic carbocycles. The molecule has 1 N–H and O–H groups in total. The molecule has 8 nitrogen and oxygen atoms in total. The Bertz CT molecular complexity index is 1360. The summed E-state index contributed by atoms with van der Waals surface area (Å²) in [6.45, 7) is 3.95. The maximum absolute atomic E-state index is 14.3. The van der Waals surface area contributed by atoms with Gasteiger partial charge in [0.25, 0.3) is 5.91 Å². The highest BCUT2D eigenvalue weighted by molar-refractivity contribution is 5.97. The topological polar surface area (TPSA) is 96.4 Å². The van der Waals surface area contributed by atoms with Crippen molar-refractivity contribution in [3.63, 3.8) is 0 Å². The van der Waals surface area contributed by atoms with E-state index in [0.717, 1.165) is 29.2 Å². The van der Waals surface area contributed by atoms with Crippen LogP contribution in [0.4, 0.5) is 4.79 Å². The van der Waals surface area contributed by atoms with Gasteiger partial charge in [-0.25, -0.2) is 4.79 Å². The number of esters is 1. The van der Waals surface area contributed by atoms with Crippen molar-refractivity contribution in [1.29, 1.82) is 0 Å². The van der Waals surface area contributed by atoms with E-state index in [0.29, 0.717) is 25.0 Å². The van der Waals surface area contributed by atoms with E-state index in [1.165, 1.54) is 31.5 Å². The van der Waals surface area contributed by atoms with E-state index >= 15 is 0 Å². The van der Waals surface area contributed by atoms with Gasteiger partial charge in [-0.05, 0) is 55.4 Å². The molecule has 0 spiro atoms. The van der Waals surface area contributed by atoms with Crippen LogP contribution >= 0.6 is 0 Å². The van der Waals surface area contributed by atoms with Crippen LogP contribution in [0, 0.1) is 17.3 Å². The molecule has 5 rings (SSSR count). The Morgan fingerprint density at radius 1 is 1.05 bits per heavy atom. The van der Waals surface area contributed by atoms with Crippen LogP contribution in [0.1, 0.15) is 38.7 Å². The first kappa shape index (κ1) is 26.9. The Labute approximate surface area is 228 Å². The second-order valence-corrected chi connectivity index (χ2v) is 11.5. The van der Waals surface area contributed by atoms with Gasteiger partial charge in [0.1, 0.15) is 0 Å². The lowest BCUT2D eigenvalue weighted by Crippen LogP contribution is -2.53. The molecular formula is C31H36N2O6. The van der Waals surface area contributed by atoms with E-state index in [4.69, 9.17) is 9.47 Å². The van der Waals surface area contributed by atoms with Crippen molar-refractivity contribution in [3.8, 4) is 0 Å². The van der Waals surface area contributed by atoms with Crippen LogP contribution in [0.25, 0.3) is 10.8 Å². The molecule has 2 aliphatic heterocycles. The molecule has 2 heterocycles. The first-order valence-electron chi connectivity index (χ1n) is 13.4. The number of nitrogens with zero attached hydrogens (tertiary/aromatic N) is 2. The summed E-state index contributed by atoms with van der Waals surface area (Å²) in [4.78, 5) is 42.3. The maximum Gasteiger partial charge on any atom is 0.417 e. The number of ether oxygens (including phenoxy) is 2. The molecule has 39 heavy (non-hydrogen) atoms. The number of hydrogen-bond donors (Lipinski definition) is 1. The molecule has 206 valence electrons. The van der Waals surface area contributed by atoms with Gasteiger partial charge in [-0.15, -0.1) is 0 Å².